The Morgan fingerprint density at radius 1 is 1.25 bits per heavy atom. The van der Waals surface area contributed by atoms with Crippen molar-refractivity contribution in [1.29, 1.82) is 0 Å². The first-order valence-electron chi connectivity index (χ1n) is 6.58. The smallest absolute Gasteiger partial charge is 0.326 e. The lowest BCUT2D eigenvalue weighted by Gasteiger charge is -2.15. The van der Waals surface area contributed by atoms with Gasteiger partial charge in [-0.15, -0.1) is 0 Å². The fourth-order valence-electron chi connectivity index (χ4n) is 1.84. The van der Waals surface area contributed by atoms with Crippen LogP contribution in [0.4, 0.5) is 0 Å². The van der Waals surface area contributed by atoms with Gasteiger partial charge in [-0.1, -0.05) is 12.1 Å². The van der Waals surface area contributed by atoms with Crippen LogP contribution in [0.5, 0.6) is 5.75 Å². The molecule has 0 heterocycles. The zero-order chi connectivity index (χ0) is 14.5. The third kappa shape index (κ3) is 4.55. The topological polar surface area (TPSA) is 98.7 Å². The lowest BCUT2D eigenvalue weighted by atomic mass is 10.1. The lowest BCUT2D eigenvalue weighted by Crippen LogP contribution is -2.46. The Kier molecular flexibility index (Phi) is 4.57. The van der Waals surface area contributed by atoms with E-state index in [1.54, 1.807) is 12.1 Å². The van der Waals surface area contributed by atoms with E-state index in [2.05, 4.69) is 10.6 Å². The Morgan fingerprint density at radius 3 is 2.45 bits per heavy atom. The molecule has 1 aliphatic rings. The number of phenols is 1. The number of hydrogen-bond acceptors (Lipinski definition) is 4. The molecule has 1 amide bonds. The van der Waals surface area contributed by atoms with E-state index < -0.39 is 12.0 Å². The summed E-state index contributed by atoms with van der Waals surface area (Å²) in [6, 6.07) is 5.70. The van der Waals surface area contributed by atoms with Crippen LogP contribution in [0.25, 0.3) is 0 Å². The number of hydrogen-bond donors (Lipinski definition) is 4. The maximum absolute atomic E-state index is 11.7. The van der Waals surface area contributed by atoms with E-state index in [0.717, 1.165) is 18.4 Å². The highest BCUT2D eigenvalue weighted by Crippen LogP contribution is 2.18. The maximum atomic E-state index is 11.7. The van der Waals surface area contributed by atoms with Gasteiger partial charge >= 0.3 is 5.97 Å². The summed E-state index contributed by atoms with van der Waals surface area (Å²) in [5.74, 6) is -1.26. The highest BCUT2D eigenvalue weighted by atomic mass is 16.4. The molecular weight excluding hydrogens is 260 g/mol. The highest BCUT2D eigenvalue weighted by molar-refractivity contribution is 5.84. The molecule has 6 heteroatoms. The van der Waals surface area contributed by atoms with Crippen molar-refractivity contribution in [2.75, 3.05) is 6.54 Å². The molecule has 1 unspecified atom stereocenters. The minimum absolute atomic E-state index is 0.123. The zero-order valence-electron chi connectivity index (χ0n) is 11.0. The molecule has 108 valence electrons. The first-order chi connectivity index (χ1) is 9.54. The van der Waals surface area contributed by atoms with Gasteiger partial charge in [-0.2, -0.15) is 0 Å². The summed E-state index contributed by atoms with van der Waals surface area (Å²) in [5.41, 5.74) is 0.741. The summed E-state index contributed by atoms with van der Waals surface area (Å²) in [5, 5.41) is 23.9. The number of carboxylic acid groups (broad SMARTS) is 1. The molecule has 4 N–H and O–H groups in total. The number of amides is 1. The minimum atomic E-state index is -1.07. The van der Waals surface area contributed by atoms with E-state index in [4.69, 9.17) is 5.11 Å². The van der Waals surface area contributed by atoms with Gasteiger partial charge in [-0.25, -0.2) is 4.79 Å². The minimum Gasteiger partial charge on any atom is -0.508 e. The fourth-order valence-corrected chi connectivity index (χ4v) is 1.84. The number of rotatable bonds is 7. The van der Waals surface area contributed by atoms with E-state index in [1.807, 2.05) is 0 Å². The van der Waals surface area contributed by atoms with E-state index in [1.165, 1.54) is 12.1 Å². The molecule has 1 fully saturated rings. The Morgan fingerprint density at radius 2 is 1.90 bits per heavy atom. The predicted octanol–water partition coefficient (Wildman–Crippen LogP) is 0.256. The quantitative estimate of drug-likeness (QED) is 0.573. The van der Waals surface area contributed by atoms with Gasteiger partial charge in [0, 0.05) is 12.5 Å². The summed E-state index contributed by atoms with van der Waals surface area (Å²) >= 11 is 0. The molecular formula is C14H18N2O4. The van der Waals surface area contributed by atoms with Crippen molar-refractivity contribution in [2.24, 2.45) is 0 Å². The van der Waals surface area contributed by atoms with E-state index in [0.29, 0.717) is 6.04 Å². The lowest BCUT2D eigenvalue weighted by molar-refractivity contribution is -0.141. The molecule has 6 nitrogen and oxygen atoms in total. The highest BCUT2D eigenvalue weighted by Gasteiger charge is 2.23. The molecule has 0 aliphatic heterocycles. The number of aromatic hydroxyl groups is 1. The molecule has 0 radical (unpaired) electrons. The summed E-state index contributed by atoms with van der Waals surface area (Å²) < 4.78 is 0. The van der Waals surface area contributed by atoms with Crippen molar-refractivity contribution in [3.8, 4) is 5.75 Å². The molecule has 1 saturated carbocycles. The molecule has 20 heavy (non-hydrogen) atoms. The number of carbonyl (C=O) groups excluding carboxylic acids is 1. The van der Waals surface area contributed by atoms with E-state index >= 15 is 0 Å². The second-order valence-corrected chi connectivity index (χ2v) is 4.98. The molecule has 1 aromatic carbocycles. The second kappa shape index (κ2) is 6.38. The summed E-state index contributed by atoms with van der Waals surface area (Å²) in [4.78, 5) is 22.8. The Bertz CT molecular complexity index is 482. The molecule has 0 bridgehead atoms. The first-order valence-corrected chi connectivity index (χ1v) is 6.58. The third-order valence-electron chi connectivity index (χ3n) is 3.14. The van der Waals surface area contributed by atoms with Gasteiger partial charge in [0.1, 0.15) is 11.8 Å². The monoisotopic (exact) mass is 278 g/mol. The van der Waals surface area contributed by atoms with Crippen LogP contribution in [0.3, 0.4) is 0 Å². The van der Waals surface area contributed by atoms with Crippen molar-refractivity contribution in [2.45, 2.75) is 31.3 Å². The predicted molar refractivity (Wildman–Crippen MR) is 72.4 cm³/mol. The Labute approximate surface area is 116 Å². The van der Waals surface area contributed by atoms with Gasteiger partial charge in [0.15, 0.2) is 0 Å². The van der Waals surface area contributed by atoms with Crippen LogP contribution in [0.2, 0.25) is 0 Å². The van der Waals surface area contributed by atoms with Gasteiger partial charge in [0.2, 0.25) is 5.91 Å². The number of carbonyl (C=O) groups is 2. The van der Waals surface area contributed by atoms with Crippen molar-refractivity contribution in [3.63, 3.8) is 0 Å². The average Bonchev–Trinajstić information content (AvgIpc) is 3.22. The SMILES string of the molecule is O=C(CNC1CC1)NC(Cc1ccc(O)cc1)C(=O)O. The number of aliphatic carboxylic acids is 1. The number of nitrogens with one attached hydrogen (secondary N) is 2. The standard InChI is InChI=1S/C14H18N2O4/c17-11-5-1-9(2-6-11)7-12(14(19)20)16-13(18)8-15-10-3-4-10/h1-2,5-6,10,12,15,17H,3-4,7-8H2,(H,16,18)(H,19,20). The molecule has 1 aliphatic carbocycles. The normalized spacial score (nSPS) is 15.6. The number of phenolic OH excluding ortho intramolecular Hbond substituents is 1. The van der Waals surface area contributed by atoms with Crippen LogP contribution in [-0.2, 0) is 16.0 Å². The van der Waals surface area contributed by atoms with Crippen LogP contribution in [0.1, 0.15) is 18.4 Å². The van der Waals surface area contributed by atoms with Gasteiger partial charge in [0.25, 0.3) is 0 Å². The number of benzene rings is 1. The van der Waals surface area contributed by atoms with Crippen LogP contribution in [0.15, 0.2) is 24.3 Å². The van der Waals surface area contributed by atoms with Crippen LogP contribution in [0, 0.1) is 0 Å². The largest absolute Gasteiger partial charge is 0.508 e. The average molecular weight is 278 g/mol. The Balaban J connectivity index is 1.87. The van der Waals surface area contributed by atoms with Crippen LogP contribution >= 0.6 is 0 Å². The second-order valence-electron chi connectivity index (χ2n) is 4.98. The molecule has 1 atom stereocenters. The van der Waals surface area contributed by atoms with Gasteiger partial charge in [-0.05, 0) is 30.5 Å². The van der Waals surface area contributed by atoms with Crippen molar-refractivity contribution < 1.29 is 19.8 Å². The van der Waals surface area contributed by atoms with Gasteiger partial charge < -0.3 is 20.8 Å². The van der Waals surface area contributed by atoms with E-state index in [-0.39, 0.29) is 24.6 Å². The molecule has 0 spiro atoms. The molecule has 0 saturated heterocycles. The van der Waals surface area contributed by atoms with Gasteiger partial charge in [0.05, 0.1) is 6.54 Å². The molecule has 1 aromatic rings. The number of carboxylic acids is 1. The van der Waals surface area contributed by atoms with Gasteiger partial charge in [-0.3, -0.25) is 4.79 Å². The zero-order valence-corrected chi connectivity index (χ0v) is 11.0. The van der Waals surface area contributed by atoms with Crippen LogP contribution in [-0.4, -0.2) is 40.7 Å². The van der Waals surface area contributed by atoms with Crippen molar-refractivity contribution >= 4 is 11.9 Å². The maximum Gasteiger partial charge on any atom is 0.326 e. The fraction of sp³-hybridized carbons (Fsp3) is 0.429. The summed E-state index contributed by atoms with van der Waals surface area (Å²) in [6.07, 6.45) is 2.33. The third-order valence-corrected chi connectivity index (χ3v) is 3.14. The first kappa shape index (κ1) is 14.3. The molecule has 2 rings (SSSR count). The Hall–Kier alpha value is -2.08. The van der Waals surface area contributed by atoms with Crippen LogP contribution < -0.4 is 10.6 Å². The van der Waals surface area contributed by atoms with E-state index in [9.17, 15) is 14.7 Å². The molecule has 0 aromatic heterocycles. The van der Waals surface area contributed by atoms with Crippen molar-refractivity contribution in [1.82, 2.24) is 10.6 Å². The van der Waals surface area contributed by atoms with Crippen molar-refractivity contribution in [3.05, 3.63) is 29.8 Å². The summed E-state index contributed by atoms with van der Waals surface area (Å²) in [6.45, 7) is 0.143. The summed E-state index contributed by atoms with van der Waals surface area (Å²) in [7, 11) is 0.